The first-order valence-corrected chi connectivity index (χ1v) is 12.7. The number of halogens is 2. The Bertz CT molecular complexity index is 1570. The second kappa shape index (κ2) is 11.2. The Balaban J connectivity index is 1.72. The Morgan fingerprint density at radius 2 is 2.00 bits per heavy atom. The zero-order chi connectivity index (χ0) is 26.7. The van der Waals surface area contributed by atoms with Crippen molar-refractivity contribution in [3.63, 3.8) is 0 Å². The average Bonchev–Trinajstić information content (AvgIpc) is 2.89. The van der Waals surface area contributed by atoms with Crippen molar-refractivity contribution in [2.24, 2.45) is 5.10 Å². The highest BCUT2D eigenvalue weighted by atomic mass is 79.9. The van der Waals surface area contributed by atoms with E-state index in [4.69, 9.17) is 14.5 Å². The molecule has 4 rings (SSSR count). The zero-order valence-electron chi connectivity index (χ0n) is 20.0. The van der Waals surface area contributed by atoms with Crippen LogP contribution in [-0.2, 0) is 0 Å². The monoisotopic (exact) mass is 629 g/mol. The number of fused-ring (bicyclic) bond motifs is 1. The predicted molar refractivity (Wildman–Crippen MR) is 147 cm³/mol. The second-order valence-electron chi connectivity index (χ2n) is 8.05. The molecule has 0 unspecified atom stereocenters. The Morgan fingerprint density at radius 3 is 2.65 bits per heavy atom. The standard InChI is InChI=1S/C25H21Br2N5O5/c1-4-14(2)24-30-20-7-5-16(26)11-18(20)25(33)31(24)29-12-15-9-19(27)23(21(10-15)36-3)37-22-8-6-17(13-28-22)32(34)35/h5-14H,4H2,1-3H3/t14-/m1/s1. The maximum atomic E-state index is 13.3. The SMILES string of the molecule is CC[C@@H](C)c1nc2ccc(Br)cc2c(=O)n1N=Cc1cc(Br)c(Oc2ccc([N+](=O)[O-])cn2)c(OC)c1. The summed E-state index contributed by atoms with van der Waals surface area (Å²) < 4.78 is 13.9. The normalized spacial score (nSPS) is 12.1. The number of nitrogens with zero attached hydrogens (tertiary/aromatic N) is 5. The molecular weight excluding hydrogens is 610 g/mol. The molecule has 2 aromatic heterocycles. The second-order valence-corrected chi connectivity index (χ2v) is 9.82. The van der Waals surface area contributed by atoms with Gasteiger partial charge in [0.1, 0.15) is 12.0 Å². The molecule has 0 saturated heterocycles. The molecule has 1 atom stereocenters. The molecule has 0 radical (unpaired) electrons. The predicted octanol–water partition coefficient (Wildman–Crippen LogP) is 6.42. The van der Waals surface area contributed by atoms with E-state index in [0.717, 1.165) is 17.1 Å². The molecule has 0 saturated carbocycles. The van der Waals surface area contributed by atoms with Gasteiger partial charge in [-0.15, -0.1) is 0 Å². The minimum absolute atomic E-state index is 0.00383. The van der Waals surface area contributed by atoms with E-state index in [1.165, 1.54) is 23.9 Å². The molecule has 0 bridgehead atoms. The minimum atomic E-state index is -0.538. The van der Waals surface area contributed by atoms with E-state index in [1.807, 2.05) is 19.9 Å². The van der Waals surface area contributed by atoms with E-state index < -0.39 is 4.92 Å². The molecule has 0 aliphatic heterocycles. The Kier molecular flexibility index (Phi) is 7.98. The van der Waals surface area contributed by atoms with Gasteiger partial charge in [0, 0.05) is 22.5 Å². The topological polar surface area (TPSA) is 122 Å². The molecule has 0 aliphatic rings. The molecule has 4 aromatic rings. The highest BCUT2D eigenvalue weighted by molar-refractivity contribution is 9.10. The van der Waals surface area contributed by atoms with Crippen LogP contribution in [0.1, 0.15) is 37.6 Å². The van der Waals surface area contributed by atoms with Crippen LogP contribution >= 0.6 is 31.9 Å². The number of rotatable bonds is 8. The molecule has 2 heterocycles. The summed E-state index contributed by atoms with van der Waals surface area (Å²) in [5.74, 6) is 1.42. The highest BCUT2D eigenvalue weighted by Crippen LogP contribution is 2.39. The fourth-order valence-corrected chi connectivity index (χ4v) is 4.36. The van der Waals surface area contributed by atoms with Gasteiger partial charge in [0.05, 0.1) is 33.6 Å². The molecule has 0 amide bonds. The molecular formula is C25H21Br2N5O5. The van der Waals surface area contributed by atoms with Crippen LogP contribution in [0.25, 0.3) is 10.9 Å². The maximum Gasteiger partial charge on any atom is 0.287 e. The van der Waals surface area contributed by atoms with Gasteiger partial charge in [-0.25, -0.2) is 9.97 Å². The Labute approximate surface area is 228 Å². The first kappa shape index (κ1) is 26.4. The Morgan fingerprint density at radius 1 is 1.22 bits per heavy atom. The van der Waals surface area contributed by atoms with Gasteiger partial charge in [-0.3, -0.25) is 14.9 Å². The summed E-state index contributed by atoms with van der Waals surface area (Å²) in [6.45, 7) is 4.02. The van der Waals surface area contributed by atoms with Crippen molar-refractivity contribution in [2.75, 3.05) is 7.11 Å². The van der Waals surface area contributed by atoms with Crippen molar-refractivity contribution in [1.29, 1.82) is 0 Å². The third-order valence-corrected chi connectivity index (χ3v) is 6.68. The number of aromatic nitrogens is 3. The van der Waals surface area contributed by atoms with Crippen LogP contribution < -0.4 is 15.0 Å². The lowest BCUT2D eigenvalue weighted by molar-refractivity contribution is -0.385. The molecule has 2 aromatic carbocycles. The molecule has 0 aliphatic carbocycles. The van der Waals surface area contributed by atoms with Crippen molar-refractivity contribution in [3.8, 4) is 17.4 Å². The number of pyridine rings is 1. The van der Waals surface area contributed by atoms with Crippen LogP contribution in [-0.4, -0.2) is 32.9 Å². The van der Waals surface area contributed by atoms with Crippen LogP contribution in [0.4, 0.5) is 5.69 Å². The summed E-state index contributed by atoms with van der Waals surface area (Å²) in [4.78, 5) is 32.3. The van der Waals surface area contributed by atoms with Gasteiger partial charge in [0.2, 0.25) is 5.88 Å². The van der Waals surface area contributed by atoms with Gasteiger partial charge < -0.3 is 9.47 Å². The van der Waals surface area contributed by atoms with E-state index in [1.54, 1.807) is 30.5 Å². The van der Waals surface area contributed by atoms with Crippen LogP contribution in [0.2, 0.25) is 0 Å². The van der Waals surface area contributed by atoms with Crippen LogP contribution in [0, 0.1) is 10.1 Å². The van der Waals surface area contributed by atoms with Crippen molar-refractivity contribution in [1.82, 2.24) is 14.6 Å². The zero-order valence-corrected chi connectivity index (χ0v) is 23.2. The van der Waals surface area contributed by atoms with E-state index in [2.05, 4.69) is 41.9 Å². The van der Waals surface area contributed by atoms with Crippen molar-refractivity contribution >= 4 is 54.7 Å². The molecule has 12 heteroatoms. The molecule has 0 spiro atoms. The van der Waals surface area contributed by atoms with Gasteiger partial charge in [-0.2, -0.15) is 9.78 Å². The van der Waals surface area contributed by atoms with Gasteiger partial charge in [0.15, 0.2) is 11.5 Å². The summed E-state index contributed by atoms with van der Waals surface area (Å²) in [6.07, 6.45) is 3.44. The van der Waals surface area contributed by atoms with Crippen LogP contribution in [0.5, 0.6) is 17.4 Å². The van der Waals surface area contributed by atoms with Gasteiger partial charge in [-0.05, 0) is 58.2 Å². The number of ether oxygens (including phenoxy) is 2. The lowest BCUT2D eigenvalue weighted by Gasteiger charge is -2.14. The molecule has 0 fully saturated rings. The number of benzene rings is 2. The first-order chi connectivity index (χ1) is 17.7. The Hall–Kier alpha value is -3.64. The van der Waals surface area contributed by atoms with Crippen LogP contribution in [0.15, 0.2) is 67.5 Å². The van der Waals surface area contributed by atoms with Crippen molar-refractivity contribution < 1.29 is 14.4 Å². The number of nitro groups is 1. The fourth-order valence-electron chi connectivity index (χ4n) is 3.46. The lowest BCUT2D eigenvalue weighted by atomic mass is 10.1. The summed E-state index contributed by atoms with van der Waals surface area (Å²) in [7, 11) is 1.48. The minimum Gasteiger partial charge on any atom is -0.493 e. The molecule has 37 heavy (non-hydrogen) atoms. The molecule has 190 valence electrons. The summed E-state index contributed by atoms with van der Waals surface area (Å²) in [6, 6.07) is 11.5. The third-order valence-electron chi connectivity index (χ3n) is 5.60. The first-order valence-electron chi connectivity index (χ1n) is 11.1. The average molecular weight is 631 g/mol. The third kappa shape index (κ3) is 5.70. The summed E-state index contributed by atoms with van der Waals surface area (Å²) in [5, 5.41) is 15.8. The van der Waals surface area contributed by atoms with Crippen molar-refractivity contribution in [2.45, 2.75) is 26.2 Å². The van der Waals surface area contributed by atoms with E-state index >= 15 is 0 Å². The van der Waals surface area contributed by atoms with Gasteiger partial charge in [0.25, 0.3) is 11.2 Å². The quantitative estimate of drug-likeness (QED) is 0.125. The highest BCUT2D eigenvalue weighted by Gasteiger charge is 2.17. The van der Waals surface area contributed by atoms with Gasteiger partial charge >= 0.3 is 0 Å². The van der Waals surface area contributed by atoms with Crippen LogP contribution in [0.3, 0.4) is 0 Å². The smallest absolute Gasteiger partial charge is 0.287 e. The molecule has 10 nitrogen and oxygen atoms in total. The van der Waals surface area contributed by atoms with E-state index in [9.17, 15) is 14.9 Å². The van der Waals surface area contributed by atoms with E-state index in [-0.39, 0.29) is 23.0 Å². The number of hydrogen-bond acceptors (Lipinski definition) is 8. The largest absolute Gasteiger partial charge is 0.493 e. The van der Waals surface area contributed by atoms with Gasteiger partial charge in [-0.1, -0.05) is 29.8 Å². The lowest BCUT2D eigenvalue weighted by Crippen LogP contribution is -2.23. The fraction of sp³-hybridized carbons (Fsp3) is 0.200. The number of methoxy groups -OCH3 is 1. The molecule has 0 N–H and O–H groups in total. The van der Waals surface area contributed by atoms with Crippen molar-refractivity contribution in [3.05, 3.63) is 89.5 Å². The van der Waals surface area contributed by atoms with E-state index in [0.29, 0.717) is 38.3 Å². The summed E-state index contributed by atoms with van der Waals surface area (Å²) >= 11 is 6.89. The number of hydrogen-bond donors (Lipinski definition) is 0. The maximum absolute atomic E-state index is 13.3. The summed E-state index contributed by atoms with van der Waals surface area (Å²) in [5.41, 5.74) is 0.824.